The van der Waals surface area contributed by atoms with Crippen LogP contribution in [-0.4, -0.2) is 46.2 Å². The summed E-state index contributed by atoms with van der Waals surface area (Å²) in [5.41, 5.74) is 0.843. The molecule has 1 atom stereocenters. The molecule has 0 aromatic heterocycles. The molecule has 1 heterocycles. The third-order valence-electron chi connectivity index (χ3n) is 3.34. The van der Waals surface area contributed by atoms with Crippen LogP contribution in [0, 0.1) is 0 Å². The zero-order valence-electron chi connectivity index (χ0n) is 13.9. The fraction of sp³-hybridized carbons (Fsp3) is 0.353. The molecule has 1 saturated heterocycles. The SMILES string of the molecule is CCN=C1S/C(=C\c2ccc(O[C@@H](C)C(=O)O)cc2)C(=O)N1CC. The first-order valence-electron chi connectivity index (χ1n) is 7.71. The molecule has 1 N–H and O–H groups in total. The number of ether oxygens (including phenoxy) is 1. The molecule has 24 heavy (non-hydrogen) atoms. The van der Waals surface area contributed by atoms with Crippen LogP contribution >= 0.6 is 11.8 Å². The number of likely N-dealkylation sites (N-methyl/N-ethyl adjacent to an activating group) is 1. The van der Waals surface area contributed by atoms with Crippen molar-refractivity contribution in [2.75, 3.05) is 13.1 Å². The van der Waals surface area contributed by atoms with E-state index < -0.39 is 12.1 Å². The van der Waals surface area contributed by atoms with Crippen LogP contribution in [0.3, 0.4) is 0 Å². The van der Waals surface area contributed by atoms with Crippen LogP contribution in [0.4, 0.5) is 0 Å². The molecule has 1 fully saturated rings. The average molecular weight is 348 g/mol. The van der Waals surface area contributed by atoms with E-state index in [9.17, 15) is 9.59 Å². The van der Waals surface area contributed by atoms with E-state index in [1.165, 1.54) is 18.7 Å². The number of hydrogen-bond acceptors (Lipinski definition) is 5. The number of amides is 1. The highest BCUT2D eigenvalue weighted by atomic mass is 32.2. The first-order chi connectivity index (χ1) is 11.5. The lowest BCUT2D eigenvalue weighted by Gasteiger charge is -2.11. The monoisotopic (exact) mass is 348 g/mol. The second-order valence-corrected chi connectivity index (χ2v) is 6.09. The minimum Gasteiger partial charge on any atom is -0.479 e. The highest BCUT2D eigenvalue weighted by Crippen LogP contribution is 2.32. The Morgan fingerprint density at radius 1 is 1.38 bits per heavy atom. The number of hydrogen-bond donors (Lipinski definition) is 1. The molecule has 1 aliphatic heterocycles. The topological polar surface area (TPSA) is 79.2 Å². The zero-order chi connectivity index (χ0) is 17.7. The number of amidine groups is 1. The molecule has 128 valence electrons. The summed E-state index contributed by atoms with van der Waals surface area (Å²) >= 11 is 1.37. The predicted octanol–water partition coefficient (Wildman–Crippen LogP) is 2.85. The van der Waals surface area contributed by atoms with Crippen molar-refractivity contribution in [3.63, 3.8) is 0 Å². The van der Waals surface area contributed by atoms with Crippen LogP contribution in [0.2, 0.25) is 0 Å². The van der Waals surface area contributed by atoms with Crippen LogP contribution < -0.4 is 4.74 Å². The largest absolute Gasteiger partial charge is 0.479 e. The fourth-order valence-electron chi connectivity index (χ4n) is 2.09. The summed E-state index contributed by atoms with van der Waals surface area (Å²) in [4.78, 5) is 29.8. The summed E-state index contributed by atoms with van der Waals surface area (Å²) in [5, 5.41) is 9.57. The Hall–Kier alpha value is -2.28. The number of carbonyl (C=O) groups excluding carboxylic acids is 1. The highest BCUT2D eigenvalue weighted by molar-refractivity contribution is 8.18. The molecule has 0 radical (unpaired) electrons. The number of aliphatic imine (C=N–C) groups is 1. The van der Waals surface area contributed by atoms with E-state index in [0.29, 0.717) is 23.7 Å². The predicted molar refractivity (Wildman–Crippen MR) is 95.1 cm³/mol. The Morgan fingerprint density at radius 2 is 2.04 bits per heavy atom. The van der Waals surface area contributed by atoms with Crippen LogP contribution in [0.15, 0.2) is 34.2 Å². The van der Waals surface area contributed by atoms with Gasteiger partial charge < -0.3 is 9.84 Å². The van der Waals surface area contributed by atoms with Crippen molar-refractivity contribution < 1.29 is 19.4 Å². The summed E-state index contributed by atoms with van der Waals surface area (Å²) in [6.07, 6.45) is 0.894. The van der Waals surface area contributed by atoms with E-state index in [-0.39, 0.29) is 5.91 Å². The minimum atomic E-state index is -1.02. The Bertz CT molecular complexity index is 682. The van der Waals surface area contributed by atoms with E-state index in [1.807, 2.05) is 13.8 Å². The van der Waals surface area contributed by atoms with Gasteiger partial charge in [-0.15, -0.1) is 0 Å². The third kappa shape index (κ3) is 4.17. The number of carboxylic acid groups (broad SMARTS) is 1. The van der Waals surface area contributed by atoms with Crippen LogP contribution in [-0.2, 0) is 9.59 Å². The smallest absolute Gasteiger partial charge is 0.344 e. The summed E-state index contributed by atoms with van der Waals surface area (Å²) in [5.74, 6) is -0.591. The summed E-state index contributed by atoms with van der Waals surface area (Å²) in [6, 6.07) is 6.95. The van der Waals surface area contributed by atoms with Gasteiger partial charge in [0.2, 0.25) is 0 Å². The fourth-order valence-corrected chi connectivity index (χ4v) is 3.19. The Labute approximate surface area is 145 Å². The van der Waals surface area contributed by atoms with Gasteiger partial charge in [-0.1, -0.05) is 12.1 Å². The first-order valence-corrected chi connectivity index (χ1v) is 8.53. The van der Waals surface area contributed by atoms with Gasteiger partial charge in [0.05, 0.1) is 4.91 Å². The molecule has 0 aliphatic carbocycles. The van der Waals surface area contributed by atoms with Gasteiger partial charge in [0, 0.05) is 13.1 Å². The van der Waals surface area contributed by atoms with Crippen molar-refractivity contribution in [3.05, 3.63) is 34.7 Å². The number of rotatable bonds is 6. The number of nitrogens with zero attached hydrogens (tertiary/aromatic N) is 2. The summed E-state index contributed by atoms with van der Waals surface area (Å²) in [7, 11) is 0. The van der Waals surface area contributed by atoms with E-state index in [2.05, 4.69) is 4.99 Å². The minimum absolute atomic E-state index is 0.0467. The lowest BCUT2D eigenvalue weighted by Crippen LogP contribution is -2.28. The van der Waals surface area contributed by atoms with E-state index >= 15 is 0 Å². The van der Waals surface area contributed by atoms with Crippen LogP contribution in [0.1, 0.15) is 26.3 Å². The Morgan fingerprint density at radius 3 is 2.58 bits per heavy atom. The second-order valence-electron chi connectivity index (χ2n) is 5.08. The van der Waals surface area contributed by atoms with Gasteiger partial charge in [0.1, 0.15) is 5.75 Å². The average Bonchev–Trinajstić information content (AvgIpc) is 2.84. The molecule has 0 saturated carbocycles. The normalized spacial score (nSPS) is 19.1. The highest BCUT2D eigenvalue weighted by Gasteiger charge is 2.31. The summed E-state index contributed by atoms with van der Waals surface area (Å²) < 4.78 is 5.29. The third-order valence-corrected chi connectivity index (χ3v) is 4.38. The molecule has 0 unspecified atom stereocenters. The number of carbonyl (C=O) groups is 2. The molecular formula is C17H20N2O4S. The van der Waals surface area contributed by atoms with Crippen LogP contribution in [0.25, 0.3) is 6.08 Å². The van der Waals surface area contributed by atoms with Crippen molar-refractivity contribution in [1.82, 2.24) is 4.90 Å². The zero-order valence-corrected chi connectivity index (χ0v) is 14.7. The standard InChI is InChI=1S/C17H20N2O4S/c1-4-18-17-19(5-2)15(20)14(24-17)10-12-6-8-13(9-7-12)23-11(3)16(21)22/h6-11H,4-5H2,1-3H3,(H,21,22)/b14-10-,18-17?/t11-/m0/s1. The van der Waals surface area contributed by atoms with Gasteiger partial charge in [0.15, 0.2) is 11.3 Å². The van der Waals surface area contributed by atoms with Gasteiger partial charge in [-0.3, -0.25) is 14.7 Å². The quantitative estimate of drug-likeness (QED) is 0.800. The van der Waals surface area contributed by atoms with Crippen molar-refractivity contribution in [1.29, 1.82) is 0 Å². The van der Waals surface area contributed by atoms with Crippen molar-refractivity contribution in [2.45, 2.75) is 26.9 Å². The van der Waals surface area contributed by atoms with Crippen molar-refractivity contribution in [3.8, 4) is 5.75 Å². The van der Waals surface area contributed by atoms with Crippen LogP contribution in [0.5, 0.6) is 5.75 Å². The second kappa shape index (κ2) is 8.01. The van der Waals surface area contributed by atoms with Gasteiger partial charge >= 0.3 is 5.97 Å². The van der Waals surface area contributed by atoms with E-state index in [1.54, 1.807) is 35.2 Å². The molecule has 1 amide bonds. The maximum atomic E-state index is 12.4. The van der Waals surface area contributed by atoms with Gasteiger partial charge in [-0.05, 0) is 56.3 Å². The number of carboxylic acids is 1. The lowest BCUT2D eigenvalue weighted by atomic mass is 10.2. The molecule has 0 spiro atoms. The summed E-state index contributed by atoms with van der Waals surface area (Å²) in [6.45, 7) is 6.54. The van der Waals surface area contributed by atoms with Gasteiger partial charge in [-0.25, -0.2) is 4.79 Å². The first kappa shape index (κ1) is 18.1. The molecule has 0 bridgehead atoms. The Kier molecular flexibility index (Phi) is 6.03. The van der Waals surface area contributed by atoms with Gasteiger partial charge in [0.25, 0.3) is 5.91 Å². The number of benzene rings is 1. The van der Waals surface area contributed by atoms with Gasteiger partial charge in [-0.2, -0.15) is 0 Å². The molecule has 1 aromatic rings. The number of aliphatic carboxylic acids is 1. The van der Waals surface area contributed by atoms with Crippen molar-refractivity contribution >= 4 is 34.9 Å². The molecule has 6 nitrogen and oxygen atoms in total. The maximum Gasteiger partial charge on any atom is 0.344 e. The van der Waals surface area contributed by atoms with E-state index in [4.69, 9.17) is 9.84 Å². The molecule has 1 aromatic carbocycles. The molecule has 7 heteroatoms. The lowest BCUT2D eigenvalue weighted by molar-refractivity contribution is -0.144. The molecule has 2 rings (SSSR count). The van der Waals surface area contributed by atoms with E-state index in [0.717, 1.165) is 10.7 Å². The molecular weight excluding hydrogens is 328 g/mol. The molecule has 1 aliphatic rings. The number of thioether (sulfide) groups is 1. The maximum absolute atomic E-state index is 12.4. The Balaban J connectivity index is 2.15. The van der Waals surface area contributed by atoms with Crippen molar-refractivity contribution in [2.24, 2.45) is 4.99 Å².